The summed E-state index contributed by atoms with van der Waals surface area (Å²) >= 11 is 0. The minimum atomic E-state index is -5.17. The van der Waals surface area contributed by atoms with Crippen LogP contribution in [0.25, 0.3) is 12.2 Å². The van der Waals surface area contributed by atoms with E-state index in [9.17, 15) is 9.59 Å². The molecule has 268 valence electrons. The first kappa shape index (κ1) is 38.8. The Balaban J connectivity index is 0.000000194. The van der Waals surface area contributed by atoms with Crippen LogP contribution in [0.2, 0.25) is 0 Å². The number of ketones is 2. The molecular weight excluding hydrogens is 637 g/mol. The molecule has 49 heavy (non-hydrogen) atoms. The second-order valence-corrected chi connectivity index (χ2v) is 18.6. The lowest BCUT2D eigenvalue weighted by Crippen LogP contribution is -2.34. The van der Waals surface area contributed by atoms with Gasteiger partial charge in [-0.25, -0.2) is 0 Å². The molecule has 4 saturated carbocycles. The van der Waals surface area contributed by atoms with Crippen molar-refractivity contribution in [1.82, 2.24) is 8.97 Å². The number of fused-ring (bicyclic) bond motifs is 4. The Labute approximate surface area is 294 Å². The highest BCUT2D eigenvalue weighted by Gasteiger charge is 2.64. The van der Waals surface area contributed by atoms with Crippen LogP contribution in [0, 0.1) is 33.5 Å². The van der Waals surface area contributed by atoms with Gasteiger partial charge in [0.2, 0.25) is 0 Å². The van der Waals surface area contributed by atoms with Crippen molar-refractivity contribution >= 4 is 45.5 Å². The zero-order chi connectivity index (χ0) is 37.2. The molecule has 2 aromatic carbocycles. The molecule has 4 unspecified atom stereocenters. The molecule has 4 atom stereocenters. The van der Waals surface area contributed by atoms with E-state index < -0.39 is 10.4 Å². The van der Waals surface area contributed by atoms with Gasteiger partial charge >= 0.3 is 0 Å². The topological polar surface area (TPSA) is 114 Å². The monoisotopic (exact) mass is 692 g/mol. The van der Waals surface area contributed by atoms with Crippen molar-refractivity contribution in [2.75, 3.05) is 42.3 Å². The van der Waals surface area contributed by atoms with Crippen molar-refractivity contribution in [3.05, 3.63) is 70.8 Å². The number of hydrogen-bond acceptors (Lipinski definition) is 6. The lowest BCUT2D eigenvalue weighted by atomic mass is 9.70. The fourth-order valence-electron chi connectivity index (χ4n) is 8.58. The van der Waals surface area contributed by atoms with Gasteiger partial charge in [0.25, 0.3) is 0 Å². The summed E-state index contributed by atoms with van der Waals surface area (Å²) in [6, 6.07) is 17.2. The van der Waals surface area contributed by atoms with Gasteiger partial charge < -0.3 is 9.11 Å². The number of quaternary nitrogens is 2. The third-order valence-electron chi connectivity index (χ3n) is 12.7. The maximum Gasteiger partial charge on any atom is 0.165 e. The lowest BCUT2D eigenvalue weighted by Gasteiger charge is -2.31. The number of allylic oxidation sites excluding steroid dienone is 2. The van der Waals surface area contributed by atoms with Gasteiger partial charge in [0, 0.05) is 21.2 Å². The summed E-state index contributed by atoms with van der Waals surface area (Å²) in [5.41, 5.74) is 6.81. The standard InChI is InChI=1S/2C20H28NO.H2O4S/c2*1-19(2)17-11-12-20(19,3)18(22)16(17)13-14-7-9-15(10-8-14)21(4,5)6;1-5(2,3)4/h2*7-10,13,17H,11-12H2,1-6H3;(H2,1,2,3,4)/q2*+1;/p-2. The molecular formula is C40H56N2O6S. The van der Waals surface area contributed by atoms with Gasteiger partial charge in [0.15, 0.2) is 11.6 Å². The lowest BCUT2D eigenvalue weighted by molar-refractivity contribution is -0.126. The zero-order valence-electron chi connectivity index (χ0n) is 31.5. The molecule has 0 N–H and O–H groups in total. The molecule has 2 aromatic rings. The summed E-state index contributed by atoms with van der Waals surface area (Å²) in [4.78, 5) is 25.7. The fourth-order valence-corrected chi connectivity index (χ4v) is 8.58. The largest absolute Gasteiger partial charge is 0.759 e. The van der Waals surface area contributed by atoms with Gasteiger partial charge in [-0.1, -0.05) is 41.5 Å². The minimum Gasteiger partial charge on any atom is -0.759 e. The van der Waals surface area contributed by atoms with Crippen LogP contribution >= 0.6 is 0 Å². The van der Waals surface area contributed by atoms with Gasteiger partial charge in [-0.15, -0.1) is 0 Å². The first-order chi connectivity index (χ1) is 22.1. The van der Waals surface area contributed by atoms with E-state index >= 15 is 0 Å². The van der Waals surface area contributed by atoms with Crippen LogP contribution in [0.15, 0.2) is 59.7 Å². The van der Waals surface area contributed by atoms with E-state index in [1.165, 1.54) is 11.4 Å². The fraction of sp³-hybridized carbons (Fsp3) is 0.550. The maximum atomic E-state index is 12.9. The Bertz CT molecular complexity index is 1650. The van der Waals surface area contributed by atoms with Crippen molar-refractivity contribution < 1.29 is 27.1 Å². The first-order valence-corrected chi connectivity index (χ1v) is 18.5. The number of hydrogen-bond donors (Lipinski definition) is 0. The Morgan fingerprint density at radius 2 is 0.857 bits per heavy atom. The Morgan fingerprint density at radius 1 is 0.592 bits per heavy atom. The number of nitrogens with zero attached hydrogens (tertiary/aromatic N) is 2. The van der Waals surface area contributed by atoms with Gasteiger partial charge in [-0.3, -0.25) is 27.0 Å². The van der Waals surface area contributed by atoms with Crippen LogP contribution < -0.4 is 8.97 Å². The summed E-state index contributed by atoms with van der Waals surface area (Å²) in [7, 11) is 7.81. The summed E-state index contributed by atoms with van der Waals surface area (Å²) in [6.45, 7) is 13.4. The van der Waals surface area contributed by atoms with E-state index in [1.54, 1.807) is 0 Å². The molecule has 8 nitrogen and oxygen atoms in total. The predicted octanol–water partition coefficient (Wildman–Crippen LogP) is 7.25. The zero-order valence-corrected chi connectivity index (χ0v) is 32.3. The van der Waals surface area contributed by atoms with Crippen molar-refractivity contribution in [3.8, 4) is 0 Å². The molecule has 4 aliphatic carbocycles. The van der Waals surface area contributed by atoms with E-state index in [1.807, 2.05) is 0 Å². The highest BCUT2D eigenvalue weighted by atomic mass is 32.3. The van der Waals surface area contributed by atoms with Crippen molar-refractivity contribution in [2.24, 2.45) is 33.5 Å². The molecule has 0 saturated heterocycles. The SMILES string of the molecule is CC12CCC(C(=Cc3ccc([N+](C)(C)C)cc3)C1=O)C2(C)C.CC12CCC(C(=Cc3ccc([N+](C)(C)C)cc3)C1=O)C2(C)C.O=S(=O)([O-])[O-]. The quantitative estimate of drug-likeness (QED) is 0.144. The van der Waals surface area contributed by atoms with Gasteiger partial charge in [0.05, 0.1) is 42.3 Å². The molecule has 4 bridgehead atoms. The smallest absolute Gasteiger partial charge is 0.165 e. The van der Waals surface area contributed by atoms with Crippen molar-refractivity contribution in [2.45, 2.75) is 67.2 Å². The van der Waals surface area contributed by atoms with Crippen LogP contribution in [0.4, 0.5) is 11.4 Å². The molecule has 6 rings (SSSR count). The number of rotatable bonds is 4. The Morgan fingerprint density at radius 3 is 1.06 bits per heavy atom. The molecule has 0 heterocycles. The number of carbonyl (C=O) groups is 2. The molecule has 0 amide bonds. The molecule has 0 radical (unpaired) electrons. The maximum absolute atomic E-state index is 12.9. The Kier molecular flexibility index (Phi) is 10.0. The summed E-state index contributed by atoms with van der Waals surface area (Å²) in [5, 5.41) is 0. The van der Waals surface area contributed by atoms with Crippen LogP contribution in [0.1, 0.15) is 78.4 Å². The minimum absolute atomic E-state index is 0.0954. The van der Waals surface area contributed by atoms with Gasteiger partial charge in [0.1, 0.15) is 11.4 Å². The second-order valence-electron chi connectivity index (χ2n) is 17.8. The average Bonchev–Trinajstić information content (AvgIpc) is 3.45. The third kappa shape index (κ3) is 7.29. The van der Waals surface area contributed by atoms with Gasteiger partial charge in [-0.05, 0) is 131 Å². The molecule has 4 fully saturated rings. The number of Topliss-reactive ketones (excluding diaryl/α,β-unsaturated/α-hetero) is 2. The van der Waals surface area contributed by atoms with E-state index in [4.69, 9.17) is 17.5 Å². The van der Waals surface area contributed by atoms with Crippen molar-refractivity contribution in [3.63, 3.8) is 0 Å². The van der Waals surface area contributed by atoms with E-state index in [0.29, 0.717) is 23.4 Å². The van der Waals surface area contributed by atoms with Gasteiger partial charge in [-0.2, -0.15) is 0 Å². The molecule has 0 aliphatic heterocycles. The van der Waals surface area contributed by atoms with E-state index in [-0.39, 0.29) is 21.7 Å². The number of benzene rings is 2. The molecule has 4 aliphatic rings. The van der Waals surface area contributed by atoms with Crippen LogP contribution in [0.5, 0.6) is 0 Å². The third-order valence-corrected chi connectivity index (χ3v) is 12.7. The number of carbonyl (C=O) groups excluding carboxylic acids is 2. The summed E-state index contributed by atoms with van der Waals surface area (Å²) in [6.07, 6.45) is 8.66. The van der Waals surface area contributed by atoms with E-state index in [2.05, 4.69) is 145 Å². The molecule has 0 spiro atoms. The molecule has 9 heteroatoms. The first-order valence-electron chi connectivity index (χ1n) is 17.2. The normalized spacial score (nSPS) is 29.9. The molecule has 0 aromatic heterocycles. The van der Waals surface area contributed by atoms with Crippen LogP contribution in [-0.4, -0.2) is 71.4 Å². The highest BCUT2D eigenvalue weighted by molar-refractivity contribution is 7.79. The summed E-state index contributed by atoms with van der Waals surface area (Å²) in [5.74, 6) is 1.60. The highest BCUT2D eigenvalue weighted by Crippen LogP contribution is 2.66. The predicted molar refractivity (Wildman–Crippen MR) is 198 cm³/mol. The average molecular weight is 693 g/mol. The van der Waals surface area contributed by atoms with E-state index in [0.717, 1.165) is 56.9 Å². The van der Waals surface area contributed by atoms with Crippen LogP contribution in [0.3, 0.4) is 0 Å². The summed E-state index contributed by atoms with van der Waals surface area (Å²) < 4.78 is 35.7. The van der Waals surface area contributed by atoms with Crippen molar-refractivity contribution in [1.29, 1.82) is 0 Å². The Hall–Kier alpha value is -2.95. The van der Waals surface area contributed by atoms with Crippen LogP contribution in [-0.2, 0) is 20.0 Å². The second kappa shape index (κ2) is 12.7.